The molecule has 11 N–H and O–H groups in total. The van der Waals surface area contributed by atoms with Crippen molar-refractivity contribution >= 4 is 52.9 Å². The first kappa shape index (κ1) is 43.5. The molecule has 0 spiro atoms. The van der Waals surface area contributed by atoms with Crippen molar-refractivity contribution in [2.24, 2.45) is 11.5 Å². The Morgan fingerprint density at radius 2 is 1.24 bits per heavy atom. The predicted octanol–water partition coefficient (Wildman–Crippen LogP) is -0.636. The monoisotopic (exact) mass is 773 g/mol. The van der Waals surface area contributed by atoms with Gasteiger partial charge in [-0.05, 0) is 94.9 Å². The van der Waals surface area contributed by atoms with Gasteiger partial charge in [0.1, 0.15) is 24.2 Å². The lowest BCUT2D eigenvalue weighted by Gasteiger charge is -2.26. The molecule has 0 aliphatic carbocycles. The fraction of sp³-hybridized carbons (Fsp3) is 0.472. The number of nitrogens with one attached hydrogen (secondary N) is 5. The summed E-state index contributed by atoms with van der Waals surface area (Å²) < 4.78 is 4.86. The number of aliphatic carboxylic acids is 1. The summed E-state index contributed by atoms with van der Waals surface area (Å²) in [6.45, 7) is 4.25. The van der Waals surface area contributed by atoms with E-state index in [2.05, 4.69) is 26.6 Å². The zero-order valence-corrected chi connectivity index (χ0v) is 30.9. The molecule has 54 heavy (non-hydrogen) atoms. The molecule has 8 atom stereocenters. The first-order valence-electron chi connectivity index (χ1n) is 17.5. The van der Waals surface area contributed by atoms with Crippen LogP contribution in [0.5, 0.6) is 0 Å². The maximum atomic E-state index is 13.3. The average molecular weight is 774 g/mol. The summed E-state index contributed by atoms with van der Waals surface area (Å²) in [7, 11) is 0. The number of Topliss-reactive ketones (excluding diaryl/α,β-unsaturated/α-hetero) is 1. The number of rotatable bonds is 21. The summed E-state index contributed by atoms with van der Waals surface area (Å²) in [5.41, 5.74) is 13.3. The number of carboxylic acid groups (broad SMARTS) is 1. The van der Waals surface area contributed by atoms with E-state index < -0.39 is 89.8 Å². The number of halogens is 1. The quantitative estimate of drug-likeness (QED) is 0.0566. The molecular weight excluding hydrogens is 726 g/mol. The normalized spacial score (nSPS) is 18.1. The number of ketones is 1. The van der Waals surface area contributed by atoms with Crippen LogP contribution in [0, 0.1) is 0 Å². The van der Waals surface area contributed by atoms with E-state index in [1.165, 1.54) is 20.8 Å². The van der Waals surface area contributed by atoms with Crippen molar-refractivity contribution < 1.29 is 48.5 Å². The number of carbonyl (C=O) groups excluding carboxylic acids is 6. The zero-order chi connectivity index (χ0) is 40.1. The van der Waals surface area contributed by atoms with E-state index in [1.54, 1.807) is 36.4 Å². The molecule has 3 rings (SSSR count). The predicted molar refractivity (Wildman–Crippen MR) is 197 cm³/mol. The summed E-state index contributed by atoms with van der Waals surface area (Å²) >= 11 is 5.96. The van der Waals surface area contributed by atoms with Crippen LogP contribution in [0.3, 0.4) is 0 Å². The molecule has 1 heterocycles. The molecule has 1 fully saturated rings. The number of epoxide rings is 1. The Morgan fingerprint density at radius 3 is 1.78 bits per heavy atom. The van der Waals surface area contributed by atoms with Gasteiger partial charge in [0.15, 0.2) is 18.0 Å². The van der Waals surface area contributed by atoms with Crippen LogP contribution in [0.2, 0.25) is 5.02 Å². The van der Waals surface area contributed by atoms with Gasteiger partial charge in [-0.15, -0.1) is 0 Å². The molecule has 1 aliphatic heterocycles. The minimum atomic E-state index is -1.56. The molecular formula is C36H48ClN7O10. The van der Waals surface area contributed by atoms with Crippen LogP contribution >= 0.6 is 11.6 Å². The topological polar surface area (TPSA) is 285 Å². The second-order valence-electron chi connectivity index (χ2n) is 12.9. The van der Waals surface area contributed by atoms with Gasteiger partial charge in [-0.2, -0.15) is 0 Å². The SMILES string of the molecule is C[C@H](NC(=O)[C@@H](NC(=O)[C@H](CCN)NC(=O)c1ccc(-c2ccc(Cl)cc2)cc1)[C@@H](C)O)C(=O)N[C@@H](CCCCN)C(=O)N[C@@H](C)C(=O)C1OC1C(=O)O. The Balaban J connectivity index is 1.61. The minimum absolute atomic E-state index is 0.000787. The molecule has 2 aromatic carbocycles. The molecule has 18 heteroatoms. The van der Waals surface area contributed by atoms with Crippen LogP contribution in [0.15, 0.2) is 48.5 Å². The molecule has 0 bridgehead atoms. The Kier molecular flexibility index (Phi) is 16.5. The van der Waals surface area contributed by atoms with Gasteiger partial charge in [0.25, 0.3) is 5.91 Å². The van der Waals surface area contributed by atoms with Crippen LogP contribution in [0.4, 0.5) is 0 Å². The highest BCUT2D eigenvalue weighted by Crippen LogP contribution is 2.24. The van der Waals surface area contributed by atoms with Gasteiger partial charge in [0.05, 0.1) is 12.1 Å². The van der Waals surface area contributed by atoms with E-state index in [0.29, 0.717) is 24.4 Å². The zero-order valence-electron chi connectivity index (χ0n) is 30.2. The summed E-state index contributed by atoms with van der Waals surface area (Å²) in [4.78, 5) is 89.5. The number of benzene rings is 2. The van der Waals surface area contributed by atoms with Crippen LogP contribution in [0.25, 0.3) is 11.1 Å². The van der Waals surface area contributed by atoms with E-state index in [0.717, 1.165) is 11.1 Å². The fourth-order valence-electron chi connectivity index (χ4n) is 5.37. The number of ether oxygens (including phenoxy) is 1. The van der Waals surface area contributed by atoms with Gasteiger partial charge in [0, 0.05) is 10.6 Å². The smallest absolute Gasteiger partial charge is 0.336 e. The number of aliphatic hydroxyl groups excluding tert-OH is 1. The van der Waals surface area contributed by atoms with Crippen molar-refractivity contribution in [1.82, 2.24) is 26.6 Å². The number of amides is 5. The number of hydrogen-bond acceptors (Lipinski definition) is 11. The van der Waals surface area contributed by atoms with Crippen molar-refractivity contribution in [1.29, 1.82) is 0 Å². The summed E-state index contributed by atoms with van der Waals surface area (Å²) in [5, 5.41) is 32.5. The van der Waals surface area contributed by atoms with Gasteiger partial charge in [-0.25, -0.2) is 4.79 Å². The fourth-order valence-corrected chi connectivity index (χ4v) is 5.49. The number of unbranched alkanes of at least 4 members (excludes halogenated alkanes) is 1. The first-order chi connectivity index (χ1) is 25.6. The highest BCUT2D eigenvalue weighted by Gasteiger charge is 2.51. The number of aliphatic hydroxyl groups is 1. The largest absolute Gasteiger partial charge is 0.479 e. The van der Waals surface area contributed by atoms with Crippen molar-refractivity contribution in [3.8, 4) is 11.1 Å². The van der Waals surface area contributed by atoms with E-state index >= 15 is 0 Å². The lowest BCUT2D eigenvalue weighted by Crippen LogP contribution is -2.60. The van der Waals surface area contributed by atoms with Crippen LogP contribution in [-0.4, -0.2) is 113 Å². The second kappa shape index (κ2) is 20.5. The molecule has 2 unspecified atom stereocenters. The third-order valence-corrected chi connectivity index (χ3v) is 8.85. The Labute approximate surface area is 317 Å². The van der Waals surface area contributed by atoms with E-state index in [4.69, 9.17) is 32.9 Å². The molecule has 2 aromatic rings. The average Bonchev–Trinajstić information content (AvgIpc) is 3.94. The van der Waals surface area contributed by atoms with Crippen LogP contribution in [0.1, 0.15) is 56.8 Å². The molecule has 1 aliphatic rings. The molecule has 1 saturated heterocycles. The molecule has 294 valence electrons. The van der Waals surface area contributed by atoms with Crippen molar-refractivity contribution in [3.63, 3.8) is 0 Å². The van der Waals surface area contributed by atoms with Gasteiger partial charge >= 0.3 is 5.97 Å². The van der Waals surface area contributed by atoms with Crippen molar-refractivity contribution in [2.45, 2.75) is 95.0 Å². The van der Waals surface area contributed by atoms with Crippen molar-refractivity contribution in [2.75, 3.05) is 13.1 Å². The molecule has 0 saturated carbocycles. The van der Waals surface area contributed by atoms with Crippen LogP contribution in [-0.2, 0) is 33.5 Å². The van der Waals surface area contributed by atoms with E-state index in [1.807, 2.05) is 12.1 Å². The molecule has 0 aromatic heterocycles. The highest BCUT2D eigenvalue weighted by atomic mass is 35.5. The standard InChI is InChI=1S/C36H48ClN7O10/c1-18(28(46)29-30(54-29)36(52)53)40-33(49)25(6-4-5-16-38)42-31(47)19(2)41-35(51)27(20(3)45)44-34(50)26(15-17-39)43-32(48)23-9-7-21(8-10-23)22-11-13-24(37)14-12-22/h7-14,18-20,25-27,29-30,45H,4-6,15-17,38-39H2,1-3H3,(H,40,49)(H,41,51)(H,42,47)(H,43,48)(H,44,50)(H,52,53)/t18-,19-,20+,25-,26-,27-,29?,30?/m0/s1. The number of carboxylic acids is 1. The lowest BCUT2D eigenvalue weighted by atomic mass is 10.0. The molecule has 0 radical (unpaired) electrons. The number of carbonyl (C=O) groups is 7. The van der Waals surface area contributed by atoms with Gasteiger partial charge < -0.3 is 53.0 Å². The first-order valence-corrected chi connectivity index (χ1v) is 17.8. The Hall–Kier alpha value is -4.94. The maximum absolute atomic E-state index is 13.3. The van der Waals surface area contributed by atoms with E-state index in [9.17, 15) is 38.7 Å². The maximum Gasteiger partial charge on any atom is 0.336 e. The lowest BCUT2D eigenvalue weighted by molar-refractivity contribution is -0.138. The summed E-state index contributed by atoms with van der Waals surface area (Å²) in [6.07, 6.45) is -2.85. The number of hydrogen-bond donors (Lipinski definition) is 9. The Bertz CT molecular complexity index is 1660. The second-order valence-corrected chi connectivity index (χ2v) is 13.4. The molecule has 17 nitrogen and oxygen atoms in total. The van der Waals surface area contributed by atoms with E-state index in [-0.39, 0.29) is 24.9 Å². The van der Waals surface area contributed by atoms with Gasteiger partial charge in [-0.1, -0.05) is 35.9 Å². The third-order valence-electron chi connectivity index (χ3n) is 8.60. The van der Waals surface area contributed by atoms with Crippen LogP contribution < -0.4 is 38.1 Å². The molecule has 5 amide bonds. The van der Waals surface area contributed by atoms with Gasteiger partial charge in [-0.3, -0.25) is 28.8 Å². The number of nitrogens with two attached hydrogens (primary N) is 2. The minimum Gasteiger partial charge on any atom is -0.479 e. The van der Waals surface area contributed by atoms with Gasteiger partial charge in [0.2, 0.25) is 23.6 Å². The summed E-state index contributed by atoms with van der Waals surface area (Å²) in [6, 6.07) is 7.50. The highest BCUT2D eigenvalue weighted by molar-refractivity contribution is 6.30. The van der Waals surface area contributed by atoms with Crippen molar-refractivity contribution in [3.05, 3.63) is 59.1 Å². The summed E-state index contributed by atoms with van der Waals surface area (Å²) in [5.74, 6) is -5.80. The Morgan fingerprint density at radius 1 is 0.685 bits per heavy atom. The third kappa shape index (κ3) is 12.6.